The Morgan fingerprint density at radius 3 is 2.28 bits per heavy atom. The second-order valence-electron chi connectivity index (χ2n) is 4.58. The molecule has 18 heavy (non-hydrogen) atoms. The molecule has 102 valence electrons. The van der Waals surface area contributed by atoms with Crippen LogP contribution in [0.3, 0.4) is 0 Å². The fourth-order valence-corrected chi connectivity index (χ4v) is 2.06. The Morgan fingerprint density at radius 1 is 0.944 bits per heavy atom. The molecule has 0 fully saturated rings. The minimum Gasteiger partial charge on any atom is -0.381 e. The Morgan fingerprint density at radius 2 is 1.61 bits per heavy atom. The van der Waals surface area contributed by atoms with Gasteiger partial charge >= 0.3 is 0 Å². The van der Waals surface area contributed by atoms with Gasteiger partial charge in [-0.25, -0.2) is 0 Å². The van der Waals surface area contributed by atoms with Gasteiger partial charge in [0.15, 0.2) is 0 Å². The van der Waals surface area contributed by atoms with E-state index >= 15 is 0 Å². The molecule has 1 rings (SSSR count). The van der Waals surface area contributed by atoms with Crippen LogP contribution >= 0.6 is 0 Å². The lowest BCUT2D eigenvalue weighted by Gasteiger charge is -2.17. The predicted molar refractivity (Wildman–Crippen MR) is 78.0 cm³/mol. The molecule has 2 nitrogen and oxygen atoms in total. The molecule has 0 aliphatic heterocycles. The quantitative estimate of drug-likeness (QED) is 0.590. The van der Waals surface area contributed by atoms with Crippen molar-refractivity contribution < 1.29 is 4.74 Å². The molecule has 0 saturated carbocycles. The highest BCUT2D eigenvalue weighted by molar-refractivity contribution is 5.14. The number of hydrogen-bond donors (Lipinski definition) is 0. The summed E-state index contributed by atoms with van der Waals surface area (Å²) in [5.74, 6) is 0. The molecule has 2 heteroatoms. The van der Waals surface area contributed by atoms with E-state index < -0.39 is 0 Å². The summed E-state index contributed by atoms with van der Waals surface area (Å²) >= 11 is 0. The molecule has 0 N–H and O–H groups in total. The highest BCUT2D eigenvalue weighted by Crippen LogP contribution is 2.02. The Labute approximate surface area is 112 Å². The Bertz CT molecular complexity index is 282. The molecule has 0 aliphatic rings. The number of nitrogens with zero attached hydrogens (tertiary/aromatic N) is 1. The molecule has 0 radical (unpaired) electrons. The van der Waals surface area contributed by atoms with Crippen LogP contribution in [0.2, 0.25) is 0 Å². The Kier molecular flexibility index (Phi) is 8.53. The van der Waals surface area contributed by atoms with Crippen molar-refractivity contribution >= 4 is 0 Å². The topological polar surface area (TPSA) is 12.5 Å². The third-order valence-corrected chi connectivity index (χ3v) is 3.25. The van der Waals surface area contributed by atoms with Gasteiger partial charge in [-0.1, -0.05) is 44.2 Å². The summed E-state index contributed by atoms with van der Waals surface area (Å²) in [4.78, 5) is 2.44. The molecule has 0 aliphatic carbocycles. The fraction of sp³-hybridized carbons (Fsp3) is 0.625. The van der Waals surface area contributed by atoms with Gasteiger partial charge in [-0.3, -0.25) is 0 Å². The van der Waals surface area contributed by atoms with E-state index in [0.717, 1.165) is 52.1 Å². The van der Waals surface area contributed by atoms with E-state index in [-0.39, 0.29) is 0 Å². The van der Waals surface area contributed by atoms with Crippen molar-refractivity contribution in [2.75, 3.05) is 32.8 Å². The van der Waals surface area contributed by atoms with Gasteiger partial charge in [-0.05, 0) is 37.9 Å². The maximum Gasteiger partial charge on any atom is 0.0478 e. The maximum absolute atomic E-state index is 5.67. The van der Waals surface area contributed by atoms with Crippen molar-refractivity contribution in [2.45, 2.75) is 33.1 Å². The average Bonchev–Trinajstić information content (AvgIpc) is 2.43. The first-order valence-electron chi connectivity index (χ1n) is 7.20. The molecule has 0 spiro atoms. The third-order valence-electron chi connectivity index (χ3n) is 3.25. The van der Waals surface area contributed by atoms with Gasteiger partial charge in [0.1, 0.15) is 0 Å². The Hall–Kier alpha value is -0.860. The summed E-state index contributed by atoms with van der Waals surface area (Å²) in [5.41, 5.74) is 1.41. The zero-order valence-corrected chi connectivity index (χ0v) is 11.9. The highest BCUT2D eigenvalue weighted by atomic mass is 16.5. The van der Waals surface area contributed by atoms with Gasteiger partial charge < -0.3 is 9.64 Å². The number of hydrogen-bond acceptors (Lipinski definition) is 2. The van der Waals surface area contributed by atoms with Crippen LogP contribution in [0.5, 0.6) is 0 Å². The number of benzene rings is 1. The molecule has 1 aromatic rings. The predicted octanol–water partition coefficient (Wildman–Crippen LogP) is 3.37. The minimum atomic E-state index is 0.882. The summed E-state index contributed by atoms with van der Waals surface area (Å²) < 4.78 is 5.67. The van der Waals surface area contributed by atoms with E-state index in [1.54, 1.807) is 0 Å². The summed E-state index contributed by atoms with van der Waals surface area (Å²) in [6.07, 6.45) is 3.39. The van der Waals surface area contributed by atoms with Crippen LogP contribution in [0.15, 0.2) is 30.3 Å². The third kappa shape index (κ3) is 6.77. The van der Waals surface area contributed by atoms with Crippen molar-refractivity contribution in [3.63, 3.8) is 0 Å². The molecule has 0 aromatic heterocycles. The minimum absolute atomic E-state index is 0.882. The van der Waals surface area contributed by atoms with Crippen LogP contribution in [0.1, 0.15) is 32.3 Å². The van der Waals surface area contributed by atoms with Crippen LogP contribution in [0.4, 0.5) is 0 Å². The van der Waals surface area contributed by atoms with E-state index in [1.807, 2.05) is 0 Å². The zero-order chi connectivity index (χ0) is 13.1. The summed E-state index contributed by atoms with van der Waals surface area (Å²) in [5, 5.41) is 0. The molecule has 0 bridgehead atoms. The van der Waals surface area contributed by atoms with Gasteiger partial charge in [0, 0.05) is 19.8 Å². The number of rotatable bonds is 10. The summed E-state index contributed by atoms with van der Waals surface area (Å²) in [7, 11) is 0. The van der Waals surface area contributed by atoms with E-state index in [1.165, 1.54) is 5.56 Å². The largest absolute Gasteiger partial charge is 0.381 e. The van der Waals surface area contributed by atoms with E-state index in [0.29, 0.717) is 0 Å². The van der Waals surface area contributed by atoms with Crippen LogP contribution in [0.25, 0.3) is 0 Å². The second kappa shape index (κ2) is 10.1. The molecular weight excluding hydrogens is 222 g/mol. The van der Waals surface area contributed by atoms with Gasteiger partial charge in [0.05, 0.1) is 0 Å². The maximum atomic E-state index is 5.67. The van der Waals surface area contributed by atoms with Crippen molar-refractivity contribution in [2.24, 2.45) is 0 Å². The molecular formula is C16H27NO. The van der Waals surface area contributed by atoms with Crippen LogP contribution in [-0.2, 0) is 11.2 Å². The van der Waals surface area contributed by atoms with Gasteiger partial charge in [0.25, 0.3) is 0 Å². The first-order valence-corrected chi connectivity index (χ1v) is 7.20. The molecule has 0 unspecified atom stereocenters. The summed E-state index contributed by atoms with van der Waals surface area (Å²) in [6.45, 7) is 9.65. The van der Waals surface area contributed by atoms with E-state index in [4.69, 9.17) is 4.74 Å². The van der Waals surface area contributed by atoms with Crippen molar-refractivity contribution in [3.05, 3.63) is 35.9 Å². The molecule has 0 saturated heterocycles. The molecule has 0 amide bonds. The monoisotopic (exact) mass is 249 g/mol. The first-order chi connectivity index (χ1) is 8.86. The molecule has 1 aromatic carbocycles. The number of aryl methyl sites for hydroxylation is 1. The van der Waals surface area contributed by atoms with Crippen molar-refractivity contribution in [3.8, 4) is 0 Å². The standard InChI is InChI=1S/C16H27NO/c1-3-17(4-2)13-9-15-18-14-8-12-16-10-6-5-7-11-16/h5-7,10-11H,3-4,8-9,12-15H2,1-2H3. The average molecular weight is 249 g/mol. The van der Waals surface area contributed by atoms with Crippen LogP contribution < -0.4 is 0 Å². The van der Waals surface area contributed by atoms with Crippen LogP contribution in [0, 0.1) is 0 Å². The SMILES string of the molecule is CCN(CC)CCCOCCCc1ccccc1. The van der Waals surface area contributed by atoms with Gasteiger partial charge in [-0.15, -0.1) is 0 Å². The van der Waals surface area contributed by atoms with Crippen molar-refractivity contribution in [1.82, 2.24) is 4.90 Å². The van der Waals surface area contributed by atoms with Gasteiger partial charge in [-0.2, -0.15) is 0 Å². The van der Waals surface area contributed by atoms with Gasteiger partial charge in [0.2, 0.25) is 0 Å². The van der Waals surface area contributed by atoms with Crippen molar-refractivity contribution in [1.29, 1.82) is 0 Å². The highest BCUT2D eigenvalue weighted by Gasteiger charge is 1.98. The lowest BCUT2D eigenvalue weighted by molar-refractivity contribution is 0.120. The number of ether oxygens (including phenoxy) is 1. The van der Waals surface area contributed by atoms with E-state index in [9.17, 15) is 0 Å². The second-order valence-corrected chi connectivity index (χ2v) is 4.58. The lowest BCUT2D eigenvalue weighted by Crippen LogP contribution is -2.24. The normalized spacial score (nSPS) is 11.1. The molecule has 0 atom stereocenters. The first kappa shape index (κ1) is 15.2. The summed E-state index contributed by atoms with van der Waals surface area (Å²) in [6, 6.07) is 10.6. The van der Waals surface area contributed by atoms with E-state index in [2.05, 4.69) is 49.1 Å². The lowest BCUT2D eigenvalue weighted by atomic mass is 10.1. The van der Waals surface area contributed by atoms with Crippen LogP contribution in [-0.4, -0.2) is 37.7 Å². The fourth-order valence-electron chi connectivity index (χ4n) is 2.06. The molecule has 0 heterocycles. The zero-order valence-electron chi connectivity index (χ0n) is 11.9. The Balaban J connectivity index is 1.93. The smallest absolute Gasteiger partial charge is 0.0478 e.